The molecule has 4 heteroatoms. The Morgan fingerprint density at radius 3 is 2.20 bits per heavy atom. The minimum Gasteiger partial charge on any atom is -0.490 e. The van der Waals surface area contributed by atoms with Crippen LogP contribution in [0.25, 0.3) is 0 Å². The fourth-order valence-electron chi connectivity index (χ4n) is 2.38. The molecule has 0 fully saturated rings. The van der Waals surface area contributed by atoms with Crippen LogP contribution in [0.5, 0.6) is 5.75 Å². The lowest BCUT2D eigenvalue weighted by Gasteiger charge is -2.19. The highest BCUT2D eigenvalue weighted by atomic mass is 19.1. The predicted molar refractivity (Wildman–Crippen MR) is 71.2 cm³/mol. The lowest BCUT2D eigenvalue weighted by atomic mass is 9.83. The van der Waals surface area contributed by atoms with Gasteiger partial charge in [-0.25, -0.2) is 4.39 Å². The van der Waals surface area contributed by atoms with E-state index in [-0.39, 0.29) is 29.5 Å². The number of ketones is 2. The summed E-state index contributed by atoms with van der Waals surface area (Å²) in [4.78, 5) is 24.9. The fraction of sp³-hybridized carbons (Fsp3) is 0.125. The van der Waals surface area contributed by atoms with Crippen molar-refractivity contribution in [2.75, 3.05) is 13.3 Å². The smallest absolute Gasteiger partial charge is 0.198 e. The van der Waals surface area contributed by atoms with Crippen molar-refractivity contribution in [1.82, 2.24) is 0 Å². The Morgan fingerprint density at radius 1 is 0.850 bits per heavy atom. The van der Waals surface area contributed by atoms with E-state index in [0.717, 1.165) is 0 Å². The van der Waals surface area contributed by atoms with Gasteiger partial charge in [0, 0.05) is 16.7 Å². The molecule has 0 saturated carbocycles. The van der Waals surface area contributed by atoms with E-state index in [1.807, 2.05) is 0 Å². The van der Waals surface area contributed by atoms with Crippen molar-refractivity contribution in [2.45, 2.75) is 0 Å². The van der Waals surface area contributed by atoms with Crippen molar-refractivity contribution in [3.8, 4) is 5.75 Å². The third-order valence-corrected chi connectivity index (χ3v) is 3.25. The van der Waals surface area contributed by atoms with E-state index >= 15 is 0 Å². The van der Waals surface area contributed by atoms with Crippen LogP contribution >= 0.6 is 0 Å². The van der Waals surface area contributed by atoms with Crippen LogP contribution in [0.3, 0.4) is 0 Å². The third kappa shape index (κ3) is 1.81. The van der Waals surface area contributed by atoms with Crippen LogP contribution in [-0.2, 0) is 0 Å². The van der Waals surface area contributed by atoms with Gasteiger partial charge < -0.3 is 4.74 Å². The molecule has 100 valence electrons. The lowest BCUT2D eigenvalue weighted by Crippen LogP contribution is -2.22. The van der Waals surface area contributed by atoms with E-state index < -0.39 is 6.67 Å². The maximum atomic E-state index is 12.5. The van der Waals surface area contributed by atoms with E-state index in [1.54, 1.807) is 42.5 Å². The van der Waals surface area contributed by atoms with E-state index in [0.29, 0.717) is 16.7 Å². The zero-order valence-corrected chi connectivity index (χ0v) is 10.6. The second kappa shape index (κ2) is 4.89. The fourth-order valence-corrected chi connectivity index (χ4v) is 2.38. The first-order valence-corrected chi connectivity index (χ1v) is 6.24. The zero-order valence-electron chi connectivity index (χ0n) is 10.6. The molecule has 1 aliphatic rings. The van der Waals surface area contributed by atoms with Crippen molar-refractivity contribution in [3.05, 3.63) is 64.7 Å². The molecule has 0 heterocycles. The summed E-state index contributed by atoms with van der Waals surface area (Å²) in [5.41, 5.74) is 1.30. The van der Waals surface area contributed by atoms with Gasteiger partial charge in [-0.1, -0.05) is 36.4 Å². The first-order valence-electron chi connectivity index (χ1n) is 6.24. The number of carbonyl (C=O) groups excluding carboxylic acids is 2. The molecule has 0 spiro atoms. The number of fused-ring (bicyclic) bond motifs is 2. The molecular formula is C16H11FO3. The molecule has 20 heavy (non-hydrogen) atoms. The zero-order chi connectivity index (χ0) is 14.1. The topological polar surface area (TPSA) is 43.4 Å². The van der Waals surface area contributed by atoms with Crippen molar-refractivity contribution in [3.63, 3.8) is 0 Å². The third-order valence-electron chi connectivity index (χ3n) is 3.25. The minimum atomic E-state index is -0.650. The van der Waals surface area contributed by atoms with Gasteiger partial charge in [0.2, 0.25) is 0 Å². The first kappa shape index (κ1) is 12.5. The summed E-state index contributed by atoms with van der Waals surface area (Å²) in [6.45, 7) is -0.790. The number of hydrogen-bond donors (Lipinski definition) is 0. The van der Waals surface area contributed by atoms with E-state index in [4.69, 9.17) is 4.74 Å². The molecule has 0 aromatic heterocycles. The second-order valence-electron chi connectivity index (χ2n) is 4.42. The van der Waals surface area contributed by atoms with Crippen molar-refractivity contribution in [2.24, 2.45) is 0 Å². The molecule has 0 radical (unpaired) electrons. The van der Waals surface area contributed by atoms with Crippen LogP contribution in [0.15, 0.2) is 42.5 Å². The summed E-state index contributed by atoms with van der Waals surface area (Å²) in [5.74, 6) is -0.210. The molecule has 1 aliphatic carbocycles. The second-order valence-corrected chi connectivity index (χ2v) is 4.42. The van der Waals surface area contributed by atoms with E-state index in [1.165, 1.54) is 0 Å². The molecule has 0 atom stereocenters. The summed E-state index contributed by atoms with van der Waals surface area (Å²) >= 11 is 0. The SMILES string of the molecule is O=C1c2ccccc2C(=O)c2c(OCCF)cccc21. The maximum Gasteiger partial charge on any atom is 0.198 e. The van der Waals surface area contributed by atoms with Crippen LogP contribution in [0, 0.1) is 0 Å². The quantitative estimate of drug-likeness (QED) is 0.735. The van der Waals surface area contributed by atoms with E-state index in [2.05, 4.69) is 0 Å². The van der Waals surface area contributed by atoms with Gasteiger partial charge in [0.25, 0.3) is 0 Å². The molecule has 0 saturated heterocycles. The summed E-state index contributed by atoms with van der Waals surface area (Å²) in [5, 5.41) is 0. The lowest BCUT2D eigenvalue weighted by molar-refractivity contribution is 0.0975. The number of benzene rings is 2. The summed E-state index contributed by atoms with van der Waals surface area (Å²) in [6.07, 6.45) is 0. The monoisotopic (exact) mass is 270 g/mol. The molecule has 3 nitrogen and oxygen atoms in total. The number of hydrogen-bond acceptors (Lipinski definition) is 3. The standard InChI is InChI=1S/C16H11FO3/c17-8-9-20-13-7-3-6-12-14(13)16(19)11-5-2-1-4-10(11)15(12)18/h1-7H,8-9H2. The van der Waals surface area contributed by atoms with Crippen molar-refractivity contribution >= 4 is 11.6 Å². The Kier molecular flexibility index (Phi) is 3.06. The summed E-state index contributed by atoms with van der Waals surface area (Å²) in [6, 6.07) is 11.5. The molecule has 0 N–H and O–H groups in total. The van der Waals surface area contributed by atoms with Gasteiger partial charge in [0.05, 0.1) is 5.56 Å². The average molecular weight is 270 g/mol. The molecule has 2 aromatic rings. The normalized spacial score (nSPS) is 12.8. The van der Waals surface area contributed by atoms with Gasteiger partial charge >= 0.3 is 0 Å². The predicted octanol–water partition coefficient (Wildman–Crippen LogP) is 2.81. The highest BCUT2D eigenvalue weighted by molar-refractivity contribution is 6.29. The molecule has 0 aliphatic heterocycles. The van der Waals surface area contributed by atoms with Crippen LogP contribution < -0.4 is 4.74 Å². The highest BCUT2D eigenvalue weighted by Crippen LogP contribution is 2.32. The van der Waals surface area contributed by atoms with Crippen LogP contribution in [0.1, 0.15) is 31.8 Å². The number of carbonyl (C=O) groups is 2. The molecule has 0 unspecified atom stereocenters. The molecular weight excluding hydrogens is 259 g/mol. The highest BCUT2D eigenvalue weighted by Gasteiger charge is 2.31. The van der Waals surface area contributed by atoms with Gasteiger partial charge in [-0.05, 0) is 6.07 Å². The molecule has 0 bridgehead atoms. The first-order chi connectivity index (χ1) is 9.74. The van der Waals surface area contributed by atoms with Crippen molar-refractivity contribution in [1.29, 1.82) is 0 Å². The largest absolute Gasteiger partial charge is 0.490 e. The van der Waals surface area contributed by atoms with Crippen LogP contribution in [0.4, 0.5) is 4.39 Å². The minimum absolute atomic E-state index is 0.139. The van der Waals surface area contributed by atoms with Gasteiger partial charge in [0.1, 0.15) is 19.0 Å². The Bertz CT molecular complexity index is 707. The Balaban J connectivity index is 2.18. The van der Waals surface area contributed by atoms with E-state index in [9.17, 15) is 14.0 Å². The average Bonchev–Trinajstić information content (AvgIpc) is 2.50. The Hall–Kier alpha value is -2.49. The van der Waals surface area contributed by atoms with Gasteiger partial charge in [-0.2, -0.15) is 0 Å². The number of halogens is 1. The molecule has 0 amide bonds. The number of ether oxygens (including phenoxy) is 1. The Morgan fingerprint density at radius 2 is 1.50 bits per heavy atom. The number of rotatable bonds is 3. The Labute approximate surface area is 115 Å². The number of alkyl halides is 1. The summed E-state index contributed by atoms with van der Waals surface area (Å²) in [7, 11) is 0. The molecule has 2 aromatic carbocycles. The van der Waals surface area contributed by atoms with Gasteiger partial charge in [-0.3, -0.25) is 9.59 Å². The maximum absolute atomic E-state index is 12.5. The van der Waals surface area contributed by atoms with Gasteiger partial charge in [-0.15, -0.1) is 0 Å². The van der Waals surface area contributed by atoms with Crippen molar-refractivity contribution < 1.29 is 18.7 Å². The van der Waals surface area contributed by atoms with Crippen LogP contribution in [-0.4, -0.2) is 24.8 Å². The molecule has 3 rings (SSSR count). The van der Waals surface area contributed by atoms with Crippen LogP contribution in [0.2, 0.25) is 0 Å². The van der Waals surface area contributed by atoms with Gasteiger partial charge in [0.15, 0.2) is 11.6 Å². The summed E-state index contributed by atoms with van der Waals surface area (Å²) < 4.78 is 17.5.